The fraction of sp³-hybridized carbons (Fsp3) is 0.231. The lowest BCUT2D eigenvalue weighted by atomic mass is 10.0. The van der Waals surface area contributed by atoms with Crippen LogP contribution in [-0.4, -0.2) is 0 Å². The first-order valence-electron chi connectivity index (χ1n) is 5.33. The molecule has 1 aliphatic heterocycles. The van der Waals surface area contributed by atoms with E-state index < -0.39 is 0 Å². The summed E-state index contributed by atoms with van der Waals surface area (Å²) in [7, 11) is 0. The monoisotopic (exact) mass is 231 g/mol. The van der Waals surface area contributed by atoms with Crippen molar-refractivity contribution in [1.29, 1.82) is 0 Å². The van der Waals surface area contributed by atoms with Crippen molar-refractivity contribution in [3.8, 4) is 0 Å². The third kappa shape index (κ3) is 1.67. The van der Waals surface area contributed by atoms with Gasteiger partial charge in [-0.1, -0.05) is 24.3 Å². The topological polar surface area (TPSA) is 35.2 Å². The molecule has 2 nitrogen and oxygen atoms in total. The van der Waals surface area contributed by atoms with E-state index in [0.717, 1.165) is 13.2 Å². The van der Waals surface area contributed by atoms with Gasteiger partial charge in [0, 0.05) is 4.88 Å². The zero-order valence-corrected chi connectivity index (χ0v) is 9.67. The van der Waals surface area contributed by atoms with Crippen molar-refractivity contribution in [2.75, 3.05) is 0 Å². The molecule has 2 N–H and O–H groups in total. The number of ether oxygens (including phenoxy) is 1. The predicted octanol–water partition coefficient (Wildman–Crippen LogP) is 2.83. The summed E-state index contributed by atoms with van der Waals surface area (Å²) in [6, 6.07) is 10.5. The molecule has 82 valence electrons. The second kappa shape index (κ2) is 4.01. The van der Waals surface area contributed by atoms with Crippen molar-refractivity contribution in [2.24, 2.45) is 5.73 Å². The van der Waals surface area contributed by atoms with Gasteiger partial charge in [0.1, 0.15) is 0 Å². The van der Waals surface area contributed by atoms with E-state index in [9.17, 15) is 0 Å². The summed E-state index contributed by atoms with van der Waals surface area (Å²) >= 11 is 1.70. The molecule has 1 aliphatic rings. The highest BCUT2D eigenvalue weighted by Gasteiger charge is 2.15. The van der Waals surface area contributed by atoms with Crippen LogP contribution in [0.25, 0.3) is 0 Å². The Morgan fingerprint density at radius 1 is 1.19 bits per heavy atom. The van der Waals surface area contributed by atoms with E-state index in [-0.39, 0.29) is 6.04 Å². The molecule has 1 aromatic heterocycles. The smallest absolute Gasteiger partial charge is 0.0725 e. The highest BCUT2D eigenvalue weighted by molar-refractivity contribution is 7.10. The van der Waals surface area contributed by atoms with Gasteiger partial charge in [0.25, 0.3) is 0 Å². The lowest BCUT2D eigenvalue weighted by Crippen LogP contribution is -2.10. The van der Waals surface area contributed by atoms with Gasteiger partial charge in [-0.2, -0.15) is 0 Å². The van der Waals surface area contributed by atoms with Gasteiger partial charge in [0.05, 0.1) is 19.3 Å². The molecule has 0 saturated carbocycles. The van der Waals surface area contributed by atoms with Crippen LogP contribution in [0.15, 0.2) is 35.7 Å². The Hall–Kier alpha value is -1.16. The first-order chi connectivity index (χ1) is 7.84. The van der Waals surface area contributed by atoms with Crippen molar-refractivity contribution in [1.82, 2.24) is 0 Å². The molecule has 0 spiro atoms. The van der Waals surface area contributed by atoms with Crippen LogP contribution in [0.3, 0.4) is 0 Å². The number of nitrogens with two attached hydrogens (primary N) is 1. The number of fused-ring (bicyclic) bond motifs is 1. The Morgan fingerprint density at radius 3 is 2.88 bits per heavy atom. The molecule has 1 unspecified atom stereocenters. The molecule has 0 saturated heterocycles. The molecule has 3 heteroatoms. The molecular formula is C13H13NOS. The lowest BCUT2D eigenvalue weighted by Gasteiger charge is -2.11. The molecule has 2 aromatic rings. The highest BCUT2D eigenvalue weighted by Crippen LogP contribution is 2.27. The van der Waals surface area contributed by atoms with Crippen LogP contribution >= 0.6 is 11.3 Å². The van der Waals surface area contributed by atoms with Gasteiger partial charge in [-0.25, -0.2) is 0 Å². The number of hydrogen-bond acceptors (Lipinski definition) is 3. The maximum atomic E-state index is 6.22. The molecule has 0 aliphatic carbocycles. The largest absolute Gasteiger partial charge is 0.372 e. The summed E-state index contributed by atoms with van der Waals surface area (Å²) in [5, 5.41) is 2.06. The normalized spacial score (nSPS) is 16.1. The van der Waals surface area contributed by atoms with Crippen LogP contribution < -0.4 is 5.73 Å². The molecule has 0 radical (unpaired) electrons. The molecule has 3 rings (SSSR count). The van der Waals surface area contributed by atoms with E-state index in [4.69, 9.17) is 10.5 Å². The van der Waals surface area contributed by atoms with Crippen molar-refractivity contribution in [2.45, 2.75) is 19.3 Å². The van der Waals surface area contributed by atoms with Crippen molar-refractivity contribution in [3.63, 3.8) is 0 Å². The van der Waals surface area contributed by atoms with Gasteiger partial charge in [-0.3, -0.25) is 0 Å². The van der Waals surface area contributed by atoms with Gasteiger partial charge in [-0.05, 0) is 28.1 Å². The Bertz CT molecular complexity index is 493. The molecule has 0 bridgehead atoms. The van der Waals surface area contributed by atoms with Gasteiger partial charge in [-0.15, -0.1) is 11.3 Å². The fourth-order valence-corrected chi connectivity index (χ4v) is 2.77. The summed E-state index contributed by atoms with van der Waals surface area (Å²) in [6.45, 7) is 1.46. The molecule has 0 fully saturated rings. The van der Waals surface area contributed by atoms with Crippen LogP contribution in [0, 0.1) is 0 Å². The lowest BCUT2D eigenvalue weighted by molar-refractivity contribution is 0.134. The van der Waals surface area contributed by atoms with Gasteiger partial charge in [0.2, 0.25) is 0 Å². The number of benzene rings is 1. The van der Waals surface area contributed by atoms with Crippen LogP contribution in [0.5, 0.6) is 0 Å². The molecular weight excluding hydrogens is 218 g/mol. The minimum absolute atomic E-state index is 0.00843. The minimum Gasteiger partial charge on any atom is -0.372 e. The highest BCUT2D eigenvalue weighted by atomic mass is 32.1. The summed E-state index contributed by atoms with van der Waals surface area (Å²) in [5.41, 5.74) is 9.97. The second-order valence-corrected chi connectivity index (χ2v) is 4.99. The minimum atomic E-state index is -0.00843. The quantitative estimate of drug-likeness (QED) is 0.862. The standard InChI is InChI=1S/C13H13NOS/c14-13(12-2-1-5-16-12)9-3-4-10-7-15-8-11(10)6-9/h1-6,13H,7-8,14H2. The summed E-state index contributed by atoms with van der Waals surface area (Å²) in [6.07, 6.45) is 0. The molecule has 0 amide bonds. The average molecular weight is 231 g/mol. The van der Waals surface area contributed by atoms with Crippen LogP contribution in [0.4, 0.5) is 0 Å². The van der Waals surface area contributed by atoms with Crippen molar-refractivity contribution in [3.05, 3.63) is 57.3 Å². The molecule has 2 heterocycles. The fourth-order valence-electron chi connectivity index (χ4n) is 2.02. The Morgan fingerprint density at radius 2 is 2.06 bits per heavy atom. The zero-order valence-electron chi connectivity index (χ0n) is 8.85. The number of hydrogen-bond donors (Lipinski definition) is 1. The van der Waals surface area contributed by atoms with E-state index in [0.29, 0.717) is 0 Å². The van der Waals surface area contributed by atoms with E-state index in [1.165, 1.54) is 21.6 Å². The van der Waals surface area contributed by atoms with Gasteiger partial charge >= 0.3 is 0 Å². The van der Waals surface area contributed by atoms with Crippen LogP contribution in [0.2, 0.25) is 0 Å². The maximum Gasteiger partial charge on any atom is 0.0725 e. The third-order valence-electron chi connectivity index (χ3n) is 2.95. The van der Waals surface area contributed by atoms with Gasteiger partial charge < -0.3 is 10.5 Å². The molecule has 16 heavy (non-hydrogen) atoms. The Kier molecular flexibility index (Phi) is 2.52. The van der Waals surface area contributed by atoms with Crippen molar-refractivity contribution < 1.29 is 4.74 Å². The zero-order chi connectivity index (χ0) is 11.0. The second-order valence-electron chi connectivity index (χ2n) is 4.01. The van der Waals surface area contributed by atoms with Crippen LogP contribution in [-0.2, 0) is 18.0 Å². The average Bonchev–Trinajstić information content (AvgIpc) is 2.98. The Labute approximate surface area is 98.7 Å². The predicted molar refractivity (Wildman–Crippen MR) is 65.3 cm³/mol. The number of rotatable bonds is 2. The maximum absolute atomic E-state index is 6.22. The van der Waals surface area contributed by atoms with Crippen molar-refractivity contribution >= 4 is 11.3 Å². The summed E-state index contributed by atoms with van der Waals surface area (Å²) in [5.74, 6) is 0. The summed E-state index contributed by atoms with van der Waals surface area (Å²) < 4.78 is 5.40. The molecule has 1 atom stereocenters. The van der Waals surface area contributed by atoms with Gasteiger partial charge in [0.15, 0.2) is 0 Å². The number of thiophene rings is 1. The summed E-state index contributed by atoms with van der Waals surface area (Å²) in [4.78, 5) is 1.21. The van der Waals surface area contributed by atoms with E-state index >= 15 is 0 Å². The SMILES string of the molecule is NC(c1ccc2c(c1)COC2)c1cccs1. The van der Waals surface area contributed by atoms with E-state index in [1.54, 1.807) is 11.3 Å². The van der Waals surface area contributed by atoms with Crippen LogP contribution in [0.1, 0.15) is 27.6 Å². The first kappa shape index (κ1) is 10.0. The Balaban J connectivity index is 1.95. The van der Waals surface area contributed by atoms with E-state index in [1.807, 2.05) is 6.07 Å². The van der Waals surface area contributed by atoms with E-state index in [2.05, 4.69) is 29.6 Å². The molecule has 1 aromatic carbocycles. The first-order valence-corrected chi connectivity index (χ1v) is 6.21. The third-order valence-corrected chi connectivity index (χ3v) is 3.91.